The van der Waals surface area contributed by atoms with Gasteiger partial charge in [-0.1, -0.05) is 48.5 Å². The number of hydrogen-bond acceptors (Lipinski definition) is 4. The number of aromatic amines is 1. The summed E-state index contributed by atoms with van der Waals surface area (Å²) in [5.41, 5.74) is 0.899. The molecule has 0 spiro atoms. The number of H-pyrrole nitrogens is 1. The zero-order valence-electron chi connectivity index (χ0n) is 16.4. The second kappa shape index (κ2) is 7.40. The SMILES string of the molecule is O=c1[nH]c(-c2cccc(F)c2)nc2c1CN(S(=O)(=O)c1cccc3ccccc13)CC2. The number of fused-ring (bicyclic) bond motifs is 2. The van der Waals surface area contributed by atoms with Gasteiger partial charge in [0, 0.05) is 30.5 Å². The topological polar surface area (TPSA) is 83.1 Å². The molecule has 1 N–H and O–H groups in total. The fourth-order valence-corrected chi connectivity index (χ4v) is 5.56. The molecule has 156 valence electrons. The van der Waals surface area contributed by atoms with Crippen LogP contribution in [0.3, 0.4) is 0 Å². The van der Waals surface area contributed by atoms with E-state index in [0.717, 1.165) is 5.39 Å². The Morgan fingerprint density at radius 2 is 1.77 bits per heavy atom. The van der Waals surface area contributed by atoms with Gasteiger partial charge in [0.1, 0.15) is 11.6 Å². The van der Waals surface area contributed by atoms with Crippen molar-refractivity contribution < 1.29 is 12.8 Å². The maximum atomic E-state index is 13.6. The smallest absolute Gasteiger partial charge is 0.255 e. The van der Waals surface area contributed by atoms with Gasteiger partial charge in [-0.25, -0.2) is 17.8 Å². The molecule has 1 aromatic heterocycles. The third-order valence-corrected chi connectivity index (χ3v) is 7.40. The summed E-state index contributed by atoms with van der Waals surface area (Å²) in [6.45, 7) is 0.143. The van der Waals surface area contributed by atoms with E-state index in [0.29, 0.717) is 28.6 Å². The summed E-state index contributed by atoms with van der Waals surface area (Å²) in [7, 11) is -3.81. The van der Waals surface area contributed by atoms with E-state index < -0.39 is 21.4 Å². The predicted octanol–water partition coefficient (Wildman–Crippen LogP) is 3.48. The highest BCUT2D eigenvalue weighted by Crippen LogP contribution is 2.28. The number of halogens is 1. The summed E-state index contributed by atoms with van der Waals surface area (Å²) >= 11 is 0. The average molecular weight is 435 g/mol. The highest BCUT2D eigenvalue weighted by atomic mass is 32.2. The number of benzene rings is 3. The van der Waals surface area contributed by atoms with Crippen LogP contribution in [-0.2, 0) is 23.0 Å². The van der Waals surface area contributed by atoms with E-state index >= 15 is 0 Å². The van der Waals surface area contributed by atoms with E-state index in [1.165, 1.54) is 16.4 Å². The number of rotatable bonds is 3. The lowest BCUT2D eigenvalue weighted by molar-refractivity contribution is 0.386. The first kappa shape index (κ1) is 19.6. The molecule has 6 nitrogen and oxygen atoms in total. The zero-order chi connectivity index (χ0) is 21.6. The molecule has 0 atom stereocenters. The number of aromatic nitrogens is 2. The van der Waals surface area contributed by atoms with Crippen molar-refractivity contribution in [2.24, 2.45) is 0 Å². The molecular weight excluding hydrogens is 417 g/mol. The van der Waals surface area contributed by atoms with Gasteiger partial charge in [-0.3, -0.25) is 4.79 Å². The zero-order valence-corrected chi connectivity index (χ0v) is 17.2. The van der Waals surface area contributed by atoms with Crippen LogP contribution in [0.15, 0.2) is 76.4 Å². The van der Waals surface area contributed by atoms with Crippen molar-refractivity contribution in [3.8, 4) is 11.4 Å². The van der Waals surface area contributed by atoms with Crippen LogP contribution in [-0.4, -0.2) is 29.2 Å². The average Bonchev–Trinajstić information content (AvgIpc) is 2.78. The summed E-state index contributed by atoms with van der Waals surface area (Å²) in [4.78, 5) is 20.1. The van der Waals surface area contributed by atoms with Gasteiger partial charge in [-0.15, -0.1) is 0 Å². The summed E-state index contributed by atoms with van der Waals surface area (Å²) in [6.07, 6.45) is 0.297. The summed E-state index contributed by atoms with van der Waals surface area (Å²) in [5, 5.41) is 1.48. The van der Waals surface area contributed by atoms with Crippen LogP contribution in [0.2, 0.25) is 0 Å². The Balaban J connectivity index is 1.53. The van der Waals surface area contributed by atoms with Gasteiger partial charge >= 0.3 is 0 Å². The molecule has 0 aliphatic carbocycles. The molecule has 0 saturated heterocycles. The monoisotopic (exact) mass is 435 g/mol. The summed E-state index contributed by atoms with van der Waals surface area (Å²) in [5.74, 6) is -0.154. The van der Waals surface area contributed by atoms with E-state index in [1.807, 2.05) is 18.2 Å². The molecule has 4 aromatic rings. The minimum absolute atomic E-state index is 0.0628. The lowest BCUT2D eigenvalue weighted by Crippen LogP contribution is -2.39. The normalized spacial score (nSPS) is 14.5. The van der Waals surface area contributed by atoms with Crippen molar-refractivity contribution in [1.29, 1.82) is 0 Å². The second-order valence-corrected chi connectivity index (χ2v) is 9.32. The van der Waals surface area contributed by atoms with Gasteiger partial charge in [0.25, 0.3) is 5.56 Å². The van der Waals surface area contributed by atoms with Crippen molar-refractivity contribution in [3.63, 3.8) is 0 Å². The number of nitrogens with zero attached hydrogens (tertiary/aromatic N) is 2. The Morgan fingerprint density at radius 3 is 2.61 bits per heavy atom. The highest BCUT2D eigenvalue weighted by Gasteiger charge is 2.31. The Morgan fingerprint density at radius 1 is 1.00 bits per heavy atom. The fraction of sp³-hybridized carbons (Fsp3) is 0.130. The highest BCUT2D eigenvalue weighted by molar-refractivity contribution is 7.89. The second-order valence-electron chi connectivity index (χ2n) is 7.42. The van der Waals surface area contributed by atoms with Gasteiger partial charge < -0.3 is 4.98 Å². The minimum Gasteiger partial charge on any atom is -0.306 e. The van der Waals surface area contributed by atoms with Crippen molar-refractivity contribution in [1.82, 2.24) is 14.3 Å². The Labute approximate surface area is 178 Å². The molecule has 3 aromatic carbocycles. The third-order valence-electron chi connectivity index (χ3n) is 5.50. The summed E-state index contributed by atoms with van der Waals surface area (Å²) < 4.78 is 41.7. The van der Waals surface area contributed by atoms with Crippen LogP contribution in [0.1, 0.15) is 11.3 Å². The van der Waals surface area contributed by atoms with Crippen LogP contribution in [0.25, 0.3) is 22.2 Å². The first-order chi connectivity index (χ1) is 14.9. The Hall–Kier alpha value is -3.36. The molecule has 1 aliphatic heterocycles. The van der Waals surface area contributed by atoms with Gasteiger partial charge in [-0.05, 0) is 23.6 Å². The van der Waals surface area contributed by atoms with E-state index in [9.17, 15) is 17.6 Å². The van der Waals surface area contributed by atoms with Crippen LogP contribution in [0, 0.1) is 5.82 Å². The van der Waals surface area contributed by atoms with Crippen molar-refractivity contribution >= 4 is 20.8 Å². The number of hydrogen-bond donors (Lipinski definition) is 1. The van der Waals surface area contributed by atoms with Crippen molar-refractivity contribution in [2.45, 2.75) is 17.9 Å². The molecule has 0 radical (unpaired) electrons. The predicted molar refractivity (Wildman–Crippen MR) is 115 cm³/mol. The van der Waals surface area contributed by atoms with Crippen molar-refractivity contribution in [3.05, 3.63) is 94.2 Å². The molecule has 0 amide bonds. The van der Waals surface area contributed by atoms with Gasteiger partial charge in [0.2, 0.25) is 10.0 Å². The molecule has 0 unspecified atom stereocenters. The maximum Gasteiger partial charge on any atom is 0.255 e. The van der Waals surface area contributed by atoms with Gasteiger partial charge in [0.05, 0.1) is 16.2 Å². The Bertz CT molecular complexity index is 1480. The summed E-state index contributed by atoms with van der Waals surface area (Å²) in [6, 6.07) is 18.3. The van der Waals surface area contributed by atoms with Crippen LogP contribution >= 0.6 is 0 Å². The van der Waals surface area contributed by atoms with E-state index in [4.69, 9.17) is 0 Å². The van der Waals surface area contributed by atoms with Crippen LogP contribution in [0.5, 0.6) is 0 Å². The number of nitrogens with one attached hydrogen (secondary N) is 1. The largest absolute Gasteiger partial charge is 0.306 e. The van der Waals surface area contributed by atoms with Gasteiger partial charge in [0.15, 0.2) is 0 Å². The van der Waals surface area contributed by atoms with E-state index in [-0.39, 0.29) is 23.8 Å². The Kier molecular flexibility index (Phi) is 4.68. The third kappa shape index (κ3) is 3.43. The lowest BCUT2D eigenvalue weighted by Gasteiger charge is -2.27. The minimum atomic E-state index is -3.81. The van der Waals surface area contributed by atoms with E-state index in [2.05, 4.69) is 9.97 Å². The molecule has 2 heterocycles. The first-order valence-electron chi connectivity index (χ1n) is 9.79. The quantitative estimate of drug-likeness (QED) is 0.534. The van der Waals surface area contributed by atoms with Gasteiger partial charge in [-0.2, -0.15) is 4.31 Å². The molecule has 0 fully saturated rings. The molecule has 31 heavy (non-hydrogen) atoms. The first-order valence-corrected chi connectivity index (χ1v) is 11.2. The lowest BCUT2D eigenvalue weighted by atomic mass is 10.1. The molecule has 8 heteroatoms. The van der Waals surface area contributed by atoms with E-state index in [1.54, 1.807) is 36.4 Å². The number of sulfonamides is 1. The van der Waals surface area contributed by atoms with Crippen molar-refractivity contribution in [2.75, 3.05) is 6.54 Å². The fourth-order valence-electron chi connectivity index (χ4n) is 3.94. The molecule has 5 rings (SSSR count). The molecular formula is C23H18FN3O3S. The molecule has 0 bridgehead atoms. The molecule has 0 saturated carbocycles. The maximum absolute atomic E-state index is 13.6. The van der Waals surface area contributed by atoms with Crippen LogP contribution in [0.4, 0.5) is 4.39 Å². The molecule has 1 aliphatic rings. The van der Waals surface area contributed by atoms with Crippen LogP contribution < -0.4 is 5.56 Å². The standard InChI is InChI=1S/C23H18FN3O3S/c24-17-8-3-7-16(13-17)22-25-20-11-12-27(14-19(20)23(28)26-22)31(29,30)21-10-4-6-15-5-1-2-9-18(15)21/h1-10,13H,11-12,14H2,(H,25,26,28).